The number of sulfone groups is 1. The molecule has 0 bridgehead atoms. The van der Waals surface area contributed by atoms with Crippen molar-refractivity contribution in [3.05, 3.63) is 83.4 Å². The number of benzene rings is 3. The molecule has 0 atom stereocenters. The Morgan fingerprint density at radius 2 is 1.65 bits per heavy atom. The number of methoxy groups -OCH3 is 1. The van der Waals surface area contributed by atoms with Crippen LogP contribution in [0.4, 0.5) is 5.69 Å². The third-order valence-corrected chi connectivity index (χ3v) is 6.70. The van der Waals surface area contributed by atoms with Crippen LogP contribution in [-0.4, -0.2) is 28.0 Å². The summed E-state index contributed by atoms with van der Waals surface area (Å²) in [6.07, 6.45) is 0. The first-order valence-electron chi connectivity index (χ1n) is 9.87. The zero-order valence-electron chi connectivity index (χ0n) is 17.8. The van der Waals surface area contributed by atoms with Crippen LogP contribution in [0.2, 0.25) is 0 Å². The van der Waals surface area contributed by atoms with Crippen LogP contribution in [0.25, 0.3) is 0 Å². The van der Waals surface area contributed by atoms with E-state index >= 15 is 0 Å². The summed E-state index contributed by atoms with van der Waals surface area (Å²) in [7, 11) is -2.37. The van der Waals surface area contributed by atoms with Crippen molar-refractivity contribution in [1.29, 1.82) is 0 Å². The van der Waals surface area contributed by atoms with E-state index in [4.69, 9.17) is 4.74 Å². The quantitative estimate of drug-likeness (QED) is 0.558. The second-order valence-corrected chi connectivity index (χ2v) is 9.14. The number of aryl methyl sites for hydroxylation is 2. The fourth-order valence-electron chi connectivity index (χ4n) is 3.25. The van der Waals surface area contributed by atoms with E-state index in [9.17, 15) is 13.2 Å². The first kappa shape index (κ1) is 22.4. The van der Waals surface area contributed by atoms with Crippen LogP contribution < -0.4 is 15.4 Å². The van der Waals surface area contributed by atoms with Gasteiger partial charge in [0.2, 0.25) is 15.7 Å². The fourth-order valence-corrected chi connectivity index (χ4v) is 4.80. The van der Waals surface area contributed by atoms with Crippen molar-refractivity contribution in [1.82, 2.24) is 5.32 Å². The van der Waals surface area contributed by atoms with E-state index < -0.39 is 9.84 Å². The Morgan fingerprint density at radius 3 is 2.32 bits per heavy atom. The number of anilines is 1. The zero-order valence-corrected chi connectivity index (χ0v) is 18.6. The summed E-state index contributed by atoms with van der Waals surface area (Å²) < 4.78 is 31.8. The van der Waals surface area contributed by atoms with Gasteiger partial charge in [0, 0.05) is 6.54 Å². The van der Waals surface area contributed by atoms with Crippen molar-refractivity contribution in [2.24, 2.45) is 0 Å². The second kappa shape index (κ2) is 9.66. The maximum absolute atomic E-state index is 13.2. The van der Waals surface area contributed by atoms with Crippen LogP contribution in [0.5, 0.6) is 5.75 Å². The molecular formula is C24H26N2O4S. The monoisotopic (exact) mass is 438 g/mol. The van der Waals surface area contributed by atoms with Crippen molar-refractivity contribution in [2.45, 2.75) is 30.2 Å². The summed E-state index contributed by atoms with van der Waals surface area (Å²) in [5.74, 6) is -0.0274. The van der Waals surface area contributed by atoms with E-state index in [1.54, 1.807) is 49.4 Å². The number of rotatable bonds is 8. The Bertz CT molecular complexity index is 1180. The van der Waals surface area contributed by atoms with Gasteiger partial charge in [0.15, 0.2) is 5.75 Å². The third-order valence-electron chi connectivity index (χ3n) is 4.92. The molecule has 0 aliphatic carbocycles. The van der Waals surface area contributed by atoms with E-state index in [1.807, 2.05) is 31.2 Å². The zero-order chi connectivity index (χ0) is 22.4. The van der Waals surface area contributed by atoms with Gasteiger partial charge in [-0.3, -0.25) is 4.79 Å². The van der Waals surface area contributed by atoms with Crippen molar-refractivity contribution in [3.63, 3.8) is 0 Å². The highest BCUT2D eigenvalue weighted by atomic mass is 32.2. The second-order valence-electron chi connectivity index (χ2n) is 7.22. The lowest BCUT2D eigenvalue weighted by Gasteiger charge is -2.17. The average Bonchev–Trinajstić information content (AvgIpc) is 2.77. The Balaban J connectivity index is 1.79. The van der Waals surface area contributed by atoms with E-state index in [0.29, 0.717) is 12.2 Å². The minimum absolute atomic E-state index is 0.0173. The molecule has 1 amide bonds. The molecule has 0 heterocycles. The highest BCUT2D eigenvalue weighted by Gasteiger charge is 2.25. The standard InChI is InChI=1S/C24H26N2O4S/c1-17-13-21(25-16-23(27)26-15-19-10-8-7-9-18(19)2)24(30-3)22(14-17)31(28,29)20-11-5-4-6-12-20/h4-14,25H,15-16H2,1-3H3,(H,26,27). The fraction of sp³-hybridized carbons (Fsp3) is 0.208. The first-order valence-corrected chi connectivity index (χ1v) is 11.3. The summed E-state index contributed by atoms with van der Waals surface area (Å²) in [5.41, 5.74) is 3.33. The molecule has 0 unspecified atom stereocenters. The van der Waals surface area contributed by atoms with Crippen LogP contribution in [0.15, 0.2) is 76.5 Å². The van der Waals surface area contributed by atoms with Gasteiger partial charge in [-0.1, -0.05) is 42.5 Å². The molecule has 0 spiro atoms. The minimum atomic E-state index is -3.78. The van der Waals surface area contributed by atoms with Gasteiger partial charge >= 0.3 is 0 Å². The molecule has 7 heteroatoms. The summed E-state index contributed by atoms with van der Waals surface area (Å²) in [4.78, 5) is 12.6. The van der Waals surface area contributed by atoms with Gasteiger partial charge < -0.3 is 15.4 Å². The van der Waals surface area contributed by atoms with Gasteiger partial charge in [0.1, 0.15) is 4.90 Å². The van der Waals surface area contributed by atoms with E-state index in [-0.39, 0.29) is 28.0 Å². The molecule has 0 radical (unpaired) electrons. The van der Waals surface area contributed by atoms with Gasteiger partial charge in [0.05, 0.1) is 24.2 Å². The topological polar surface area (TPSA) is 84.5 Å². The van der Waals surface area contributed by atoms with Crippen LogP contribution >= 0.6 is 0 Å². The highest BCUT2D eigenvalue weighted by molar-refractivity contribution is 7.91. The van der Waals surface area contributed by atoms with Gasteiger partial charge in [-0.25, -0.2) is 8.42 Å². The van der Waals surface area contributed by atoms with Crippen LogP contribution in [0.1, 0.15) is 16.7 Å². The van der Waals surface area contributed by atoms with Crippen LogP contribution in [0.3, 0.4) is 0 Å². The molecule has 0 aromatic heterocycles. The van der Waals surface area contributed by atoms with E-state index in [1.165, 1.54) is 7.11 Å². The van der Waals surface area contributed by atoms with Crippen molar-refractivity contribution in [2.75, 3.05) is 19.0 Å². The number of ether oxygens (including phenoxy) is 1. The lowest BCUT2D eigenvalue weighted by Crippen LogP contribution is -2.29. The maximum atomic E-state index is 13.2. The number of amides is 1. The number of nitrogens with one attached hydrogen (secondary N) is 2. The van der Waals surface area contributed by atoms with Crippen LogP contribution in [0, 0.1) is 13.8 Å². The molecule has 0 fully saturated rings. The molecule has 6 nitrogen and oxygen atoms in total. The van der Waals surface area contributed by atoms with E-state index in [2.05, 4.69) is 10.6 Å². The molecular weight excluding hydrogens is 412 g/mol. The third kappa shape index (κ3) is 5.24. The lowest BCUT2D eigenvalue weighted by atomic mass is 10.1. The molecule has 3 rings (SSSR count). The Labute approximate surface area is 183 Å². The van der Waals surface area contributed by atoms with Crippen molar-refractivity contribution < 1.29 is 17.9 Å². The molecule has 0 aliphatic heterocycles. The SMILES string of the molecule is COc1c(NCC(=O)NCc2ccccc2C)cc(C)cc1S(=O)(=O)c1ccccc1. The summed E-state index contributed by atoms with van der Waals surface area (Å²) in [6, 6.07) is 19.4. The Kier molecular flexibility index (Phi) is 6.97. The first-order chi connectivity index (χ1) is 14.8. The molecule has 3 aromatic rings. The van der Waals surface area contributed by atoms with Crippen molar-refractivity contribution in [3.8, 4) is 5.75 Å². The van der Waals surface area contributed by atoms with Crippen molar-refractivity contribution >= 4 is 21.4 Å². The number of hydrogen-bond donors (Lipinski definition) is 2. The molecule has 0 aliphatic rings. The number of carbonyl (C=O) groups excluding carboxylic acids is 1. The molecule has 0 saturated heterocycles. The highest BCUT2D eigenvalue weighted by Crippen LogP contribution is 2.36. The average molecular weight is 439 g/mol. The minimum Gasteiger partial charge on any atom is -0.493 e. The molecule has 31 heavy (non-hydrogen) atoms. The molecule has 3 aromatic carbocycles. The lowest BCUT2D eigenvalue weighted by molar-refractivity contribution is -0.119. The summed E-state index contributed by atoms with van der Waals surface area (Å²) in [5, 5.41) is 5.89. The summed E-state index contributed by atoms with van der Waals surface area (Å²) in [6.45, 7) is 4.20. The van der Waals surface area contributed by atoms with E-state index in [0.717, 1.165) is 16.7 Å². The van der Waals surface area contributed by atoms with Gasteiger partial charge in [-0.05, 0) is 54.8 Å². The molecule has 0 saturated carbocycles. The molecule has 162 valence electrons. The number of hydrogen-bond acceptors (Lipinski definition) is 5. The van der Waals surface area contributed by atoms with Crippen LogP contribution in [-0.2, 0) is 21.2 Å². The number of carbonyl (C=O) groups is 1. The predicted octanol–water partition coefficient (Wildman–Crippen LogP) is 3.87. The maximum Gasteiger partial charge on any atom is 0.239 e. The summed E-state index contributed by atoms with van der Waals surface area (Å²) >= 11 is 0. The molecule has 2 N–H and O–H groups in total. The normalized spacial score (nSPS) is 11.1. The Morgan fingerprint density at radius 1 is 0.968 bits per heavy atom. The largest absolute Gasteiger partial charge is 0.493 e. The van der Waals surface area contributed by atoms with Gasteiger partial charge in [-0.2, -0.15) is 0 Å². The van der Waals surface area contributed by atoms with Gasteiger partial charge in [0.25, 0.3) is 0 Å². The smallest absolute Gasteiger partial charge is 0.239 e. The Hall–Kier alpha value is -3.32. The predicted molar refractivity (Wildman–Crippen MR) is 121 cm³/mol. The van der Waals surface area contributed by atoms with Gasteiger partial charge in [-0.15, -0.1) is 0 Å².